The molecule has 0 radical (unpaired) electrons. The fraction of sp³-hybridized carbons (Fsp3) is 0.190. The van der Waals surface area contributed by atoms with Gasteiger partial charge in [-0.1, -0.05) is 18.2 Å². The van der Waals surface area contributed by atoms with Gasteiger partial charge in [-0.3, -0.25) is 0 Å². The maximum atomic E-state index is 11.5. The average Bonchev–Trinajstić information content (AvgIpc) is 2.58. The highest BCUT2D eigenvalue weighted by atomic mass is 16.5. The monoisotopic (exact) mass is 338 g/mol. The van der Waals surface area contributed by atoms with Crippen LogP contribution in [0.3, 0.4) is 0 Å². The van der Waals surface area contributed by atoms with Gasteiger partial charge in [0.25, 0.3) is 0 Å². The highest BCUT2D eigenvalue weighted by Gasteiger charge is 2.13. The largest absolute Gasteiger partial charge is 0.478 e. The summed E-state index contributed by atoms with van der Waals surface area (Å²) in [4.78, 5) is 11.5. The molecule has 0 fully saturated rings. The Morgan fingerprint density at radius 3 is 1.96 bits per heavy atom. The number of allylic oxidation sites excluding steroid dienone is 2. The Bertz CT molecular complexity index is 806. The Balaban J connectivity index is 2.30. The van der Waals surface area contributed by atoms with Crippen LogP contribution in [-0.2, 0) is 0 Å². The number of hydrogen-bond acceptors (Lipinski definition) is 3. The van der Waals surface area contributed by atoms with E-state index in [4.69, 9.17) is 9.47 Å². The number of carboxylic acid groups (broad SMARTS) is 1. The van der Waals surface area contributed by atoms with Gasteiger partial charge in [0.2, 0.25) is 0 Å². The number of ether oxygens (including phenoxy) is 2. The zero-order valence-corrected chi connectivity index (χ0v) is 14.9. The second kappa shape index (κ2) is 8.20. The summed E-state index contributed by atoms with van der Waals surface area (Å²) >= 11 is 0. The SMILES string of the molecule is CC(C)=COc1ccc(-c2ccc(OC=C(C)C)c(C(=O)O)c2)cc1. The zero-order valence-electron chi connectivity index (χ0n) is 14.9. The van der Waals surface area contributed by atoms with Crippen LogP contribution in [0, 0.1) is 0 Å². The Morgan fingerprint density at radius 1 is 0.840 bits per heavy atom. The second-order valence-electron chi connectivity index (χ2n) is 6.17. The van der Waals surface area contributed by atoms with E-state index in [0.717, 1.165) is 28.0 Å². The first-order valence-corrected chi connectivity index (χ1v) is 7.94. The Morgan fingerprint density at radius 2 is 1.40 bits per heavy atom. The highest BCUT2D eigenvalue weighted by molar-refractivity contribution is 5.92. The molecule has 0 unspecified atom stereocenters. The molecule has 4 nitrogen and oxygen atoms in total. The normalized spacial score (nSPS) is 9.92. The molecule has 25 heavy (non-hydrogen) atoms. The van der Waals surface area contributed by atoms with Crippen LogP contribution < -0.4 is 9.47 Å². The molecule has 0 spiro atoms. The summed E-state index contributed by atoms with van der Waals surface area (Å²) in [7, 11) is 0. The average molecular weight is 338 g/mol. The van der Waals surface area contributed by atoms with E-state index in [2.05, 4.69) is 0 Å². The lowest BCUT2D eigenvalue weighted by Crippen LogP contribution is -2.00. The molecule has 0 bridgehead atoms. The van der Waals surface area contributed by atoms with Gasteiger partial charge < -0.3 is 14.6 Å². The number of aromatic carboxylic acids is 1. The minimum atomic E-state index is -1.03. The van der Waals surface area contributed by atoms with Crippen molar-refractivity contribution in [2.24, 2.45) is 0 Å². The van der Waals surface area contributed by atoms with E-state index in [9.17, 15) is 9.90 Å². The van der Waals surface area contributed by atoms with Crippen molar-refractivity contribution in [3.05, 3.63) is 71.7 Å². The quantitative estimate of drug-likeness (QED) is 0.691. The van der Waals surface area contributed by atoms with Crippen LogP contribution in [0.15, 0.2) is 66.1 Å². The first-order chi connectivity index (χ1) is 11.9. The van der Waals surface area contributed by atoms with Gasteiger partial charge in [0.15, 0.2) is 0 Å². The molecule has 0 saturated carbocycles. The third-order valence-electron chi connectivity index (χ3n) is 3.25. The van der Waals surface area contributed by atoms with Crippen molar-refractivity contribution in [3.63, 3.8) is 0 Å². The second-order valence-corrected chi connectivity index (χ2v) is 6.17. The van der Waals surface area contributed by atoms with Gasteiger partial charge in [-0.25, -0.2) is 4.79 Å². The maximum absolute atomic E-state index is 11.5. The molecule has 0 aliphatic carbocycles. The van der Waals surface area contributed by atoms with E-state index in [1.807, 2.05) is 58.0 Å². The van der Waals surface area contributed by atoms with E-state index in [1.54, 1.807) is 18.4 Å². The van der Waals surface area contributed by atoms with Gasteiger partial charge in [-0.15, -0.1) is 0 Å². The number of carboxylic acids is 1. The van der Waals surface area contributed by atoms with Crippen LogP contribution in [0.1, 0.15) is 38.1 Å². The molecule has 0 saturated heterocycles. The zero-order chi connectivity index (χ0) is 18.4. The molecule has 0 atom stereocenters. The van der Waals surface area contributed by atoms with Crippen molar-refractivity contribution in [1.29, 1.82) is 0 Å². The minimum Gasteiger partial charge on any atom is -0.478 e. The maximum Gasteiger partial charge on any atom is 0.339 e. The molecular formula is C21H22O4. The Hall–Kier alpha value is -3.01. The van der Waals surface area contributed by atoms with E-state index < -0.39 is 5.97 Å². The molecule has 2 aromatic carbocycles. The predicted octanol–water partition coefficient (Wildman–Crippen LogP) is 5.66. The van der Waals surface area contributed by atoms with Crippen molar-refractivity contribution in [2.45, 2.75) is 27.7 Å². The number of carbonyl (C=O) groups is 1. The van der Waals surface area contributed by atoms with Crippen molar-refractivity contribution in [3.8, 4) is 22.6 Å². The third kappa shape index (κ3) is 5.24. The molecule has 0 aromatic heterocycles. The fourth-order valence-corrected chi connectivity index (χ4v) is 2.07. The molecule has 0 aliphatic rings. The summed E-state index contributed by atoms with van der Waals surface area (Å²) in [6.07, 6.45) is 3.23. The predicted molar refractivity (Wildman–Crippen MR) is 99.0 cm³/mol. The summed E-state index contributed by atoms with van der Waals surface area (Å²) in [6.45, 7) is 7.68. The first kappa shape index (κ1) is 18.3. The van der Waals surface area contributed by atoms with E-state index >= 15 is 0 Å². The lowest BCUT2D eigenvalue weighted by Gasteiger charge is -2.09. The smallest absolute Gasteiger partial charge is 0.339 e. The molecule has 0 amide bonds. The van der Waals surface area contributed by atoms with Gasteiger partial charge in [0.1, 0.15) is 17.1 Å². The Labute approximate surface area is 148 Å². The topological polar surface area (TPSA) is 55.8 Å². The van der Waals surface area contributed by atoms with Crippen molar-refractivity contribution < 1.29 is 19.4 Å². The molecule has 130 valence electrons. The van der Waals surface area contributed by atoms with Crippen molar-refractivity contribution >= 4 is 5.97 Å². The van der Waals surface area contributed by atoms with E-state index in [0.29, 0.717) is 5.75 Å². The summed E-state index contributed by atoms with van der Waals surface area (Å²) in [6, 6.07) is 12.6. The molecule has 1 N–H and O–H groups in total. The lowest BCUT2D eigenvalue weighted by atomic mass is 10.0. The summed E-state index contributed by atoms with van der Waals surface area (Å²) in [5.74, 6) is 0.0235. The molecule has 4 heteroatoms. The van der Waals surface area contributed by atoms with Gasteiger partial charge >= 0.3 is 5.97 Å². The number of hydrogen-bond donors (Lipinski definition) is 1. The molecule has 2 rings (SSSR count). The van der Waals surface area contributed by atoms with Crippen LogP contribution in [0.25, 0.3) is 11.1 Å². The van der Waals surface area contributed by atoms with Crippen LogP contribution in [0.2, 0.25) is 0 Å². The van der Waals surface area contributed by atoms with Crippen LogP contribution in [0.5, 0.6) is 11.5 Å². The van der Waals surface area contributed by atoms with Crippen LogP contribution in [0.4, 0.5) is 0 Å². The molecular weight excluding hydrogens is 316 g/mol. The Kier molecular flexibility index (Phi) is 6.01. The third-order valence-corrected chi connectivity index (χ3v) is 3.25. The first-order valence-electron chi connectivity index (χ1n) is 7.94. The minimum absolute atomic E-state index is 0.125. The summed E-state index contributed by atoms with van der Waals surface area (Å²) < 4.78 is 11.0. The van der Waals surface area contributed by atoms with Gasteiger partial charge in [-0.05, 0) is 74.2 Å². The van der Waals surface area contributed by atoms with Gasteiger partial charge in [0.05, 0.1) is 12.5 Å². The van der Waals surface area contributed by atoms with Crippen LogP contribution >= 0.6 is 0 Å². The highest BCUT2D eigenvalue weighted by Crippen LogP contribution is 2.28. The van der Waals surface area contributed by atoms with E-state index in [-0.39, 0.29) is 5.56 Å². The van der Waals surface area contributed by atoms with Crippen LogP contribution in [-0.4, -0.2) is 11.1 Å². The standard InChI is InChI=1S/C21H22O4/c1-14(2)12-24-18-8-5-16(6-9-18)17-7-10-20(25-13-15(3)4)19(11-17)21(22)23/h5-13H,1-4H3,(H,22,23). The van der Waals surface area contributed by atoms with Crippen molar-refractivity contribution in [2.75, 3.05) is 0 Å². The van der Waals surface area contributed by atoms with Gasteiger partial charge in [0, 0.05) is 0 Å². The molecule has 2 aromatic rings. The number of rotatable bonds is 6. The summed E-state index contributed by atoms with van der Waals surface area (Å²) in [5.41, 5.74) is 3.85. The fourth-order valence-electron chi connectivity index (χ4n) is 2.07. The summed E-state index contributed by atoms with van der Waals surface area (Å²) in [5, 5.41) is 9.44. The lowest BCUT2D eigenvalue weighted by molar-refractivity contribution is 0.0694. The molecule has 0 aliphatic heterocycles. The number of benzene rings is 2. The molecule has 0 heterocycles. The van der Waals surface area contributed by atoms with Gasteiger partial charge in [-0.2, -0.15) is 0 Å². The van der Waals surface area contributed by atoms with E-state index in [1.165, 1.54) is 6.26 Å². The van der Waals surface area contributed by atoms with Crippen molar-refractivity contribution in [1.82, 2.24) is 0 Å².